The molecule has 0 atom stereocenters. The molecule has 0 unspecified atom stereocenters. The zero-order valence-corrected chi connectivity index (χ0v) is 20.2. The fourth-order valence-electron chi connectivity index (χ4n) is 3.63. The molecule has 4 rings (SSSR count). The lowest BCUT2D eigenvalue weighted by Crippen LogP contribution is -2.12. The van der Waals surface area contributed by atoms with Crippen molar-refractivity contribution in [3.63, 3.8) is 0 Å². The molecule has 0 amide bonds. The predicted octanol–water partition coefficient (Wildman–Crippen LogP) is 4.10. The molecule has 0 aliphatic rings. The number of carbonyl (C=O) groups is 2. The largest absolute Gasteiger partial charge is 0.493 e. The maximum absolute atomic E-state index is 12.6. The van der Waals surface area contributed by atoms with Crippen LogP contribution in [-0.4, -0.2) is 38.4 Å². The number of fused-ring (bicyclic) bond motifs is 2. The summed E-state index contributed by atoms with van der Waals surface area (Å²) in [6, 6.07) is 11.8. The van der Waals surface area contributed by atoms with Gasteiger partial charge in [0, 0.05) is 18.6 Å². The molecule has 0 fully saturated rings. The van der Waals surface area contributed by atoms with Crippen molar-refractivity contribution in [2.45, 2.75) is 20.3 Å². The highest BCUT2D eigenvalue weighted by molar-refractivity contribution is 5.91. The Bertz CT molecular complexity index is 1450. The zero-order chi connectivity index (χ0) is 26.4. The van der Waals surface area contributed by atoms with Gasteiger partial charge < -0.3 is 27.8 Å². The van der Waals surface area contributed by atoms with Crippen molar-refractivity contribution >= 4 is 33.9 Å². The Balaban J connectivity index is 1.42. The van der Waals surface area contributed by atoms with Gasteiger partial charge in [0.15, 0.2) is 10.9 Å². The molecule has 0 N–H and O–H groups in total. The quantitative estimate of drug-likeness (QED) is 0.228. The monoisotopic (exact) mass is 508 g/mol. The van der Waals surface area contributed by atoms with Crippen molar-refractivity contribution < 1.29 is 37.4 Å². The van der Waals surface area contributed by atoms with Gasteiger partial charge in [-0.1, -0.05) is 12.1 Å². The second-order valence-corrected chi connectivity index (χ2v) is 7.70. The highest BCUT2D eigenvalue weighted by Crippen LogP contribution is 2.25. The van der Waals surface area contributed by atoms with Crippen molar-refractivity contribution in [1.82, 2.24) is 0 Å². The molecule has 37 heavy (non-hydrogen) atoms. The molecule has 0 aliphatic heterocycles. The number of benzene rings is 2. The average Bonchev–Trinajstić information content (AvgIpc) is 2.88. The van der Waals surface area contributed by atoms with E-state index in [1.807, 2.05) is 0 Å². The molecule has 0 aliphatic carbocycles. The van der Waals surface area contributed by atoms with Crippen molar-refractivity contribution in [3.8, 4) is 11.5 Å². The normalized spacial score (nSPS) is 10.9. The Morgan fingerprint density at radius 1 is 0.703 bits per heavy atom. The molecule has 2 heterocycles. The summed E-state index contributed by atoms with van der Waals surface area (Å²) < 4.78 is 32.4. The van der Waals surface area contributed by atoms with Crippen LogP contribution in [0.1, 0.15) is 41.4 Å². The molecule has 0 spiro atoms. The first-order valence-electron chi connectivity index (χ1n) is 11.7. The summed E-state index contributed by atoms with van der Waals surface area (Å²) in [5.41, 5.74) is -0.454. The van der Waals surface area contributed by atoms with Gasteiger partial charge in [-0.25, -0.2) is 9.59 Å². The van der Waals surface area contributed by atoms with Gasteiger partial charge in [0.05, 0.1) is 26.4 Å². The van der Waals surface area contributed by atoms with Gasteiger partial charge in [-0.05, 0) is 38.1 Å². The summed E-state index contributed by atoms with van der Waals surface area (Å²) in [5, 5.41) is 0.418. The van der Waals surface area contributed by atoms with Crippen molar-refractivity contribution in [2.75, 3.05) is 26.4 Å². The van der Waals surface area contributed by atoms with E-state index >= 15 is 0 Å². The second-order valence-electron chi connectivity index (χ2n) is 7.70. The van der Waals surface area contributed by atoms with E-state index in [2.05, 4.69) is 0 Å². The summed E-state index contributed by atoms with van der Waals surface area (Å²) in [6.07, 6.45) is 0.422. The van der Waals surface area contributed by atoms with Gasteiger partial charge in [-0.15, -0.1) is 0 Å². The molecule has 0 radical (unpaired) electrons. The van der Waals surface area contributed by atoms with Crippen LogP contribution >= 0.6 is 0 Å². The lowest BCUT2D eigenvalue weighted by atomic mass is 10.2. The fraction of sp³-hybridized carbons (Fsp3) is 0.259. The lowest BCUT2D eigenvalue weighted by Gasteiger charge is -2.11. The van der Waals surface area contributed by atoms with Crippen LogP contribution in [0.4, 0.5) is 0 Å². The van der Waals surface area contributed by atoms with E-state index < -0.39 is 22.8 Å². The Hall–Kier alpha value is -4.60. The topological polar surface area (TPSA) is 131 Å². The number of ether oxygens (including phenoxy) is 4. The highest BCUT2D eigenvalue weighted by Gasteiger charge is 2.17. The van der Waals surface area contributed by atoms with Gasteiger partial charge in [-0.3, -0.25) is 9.59 Å². The fourth-order valence-corrected chi connectivity index (χ4v) is 3.63. The molecule has 0 saturated carbocycles. The first kappa shape index (κ1) is 25.5. The third-order valence-corrected chi connectivity index (χ3v) is 5.19. The van der Waals surface area contributed by atoms with Gasteiger partial charge in [0.2, 0.25) is 11.5 Å². The third kappa shape index (κ3) is 5.64. The van der Waals surface area contributed by atoms with E-state index in [0.29, 0.717) is 17.9 Å². The van der Waals surface area contributed by atoms with Crippen molar-refractivity contribution in [3.05, 3.63) is 80.5 Å². The van der Waals surface area contributed by atoms with Gasteiger partial charge in [0.1, 0.15) is 33.4 Å². The molecule has 10 heteroatoms. The molecule has 192 valence electrons. The molecule has 0 bridgehead atoms. The number of rotatable bonds is 10. The van der Waals surface area contributed by atoms with E-state index in [1.54, 1.807) is 50.2 Å². The number of carbonyl (C=O) groups excluding carboxylic acids is 2. The Morgan fingerprint density at radius 2 is 1.14 bits per heavy atom. The van der Waals surface area contributed by atoms with E-state index in [9.17, 15) is 19.2 Å². The van der Waals surface area contributed by atoms with Crippen LogP contribution in [0.3, 0.4) is 0 Å². The summed E-state index contributed by atoms with van der Waals surface area (Å²) in [7, 11) is 0. The van der Waals surface area contributed by atoms with E-state index in [0.717, 1.165) is 12.1 Å². The second kappa shape index (κ2) is 11.4. The van der Waals surface area contributed by atoms with Gasteiger partial charge in [0.25, 0.3) is 0 Å². The maximum atomic E-state index is 12.6. The SMILES string of the molecule is CCOC(=O)c1cc(=O)c2c(OCCCOc3cccc4oc(C(=O)OCC)cc(=O)c34)cccc2o1. The molecular weight excluding hydrogens is 484 g/mol. The Labute approximate surface area is 210 Å². The molecular formula is C27H24O10. The molecule has 2 aromatic carbocycles. The van der Waals surface area contributed by atoms with Crippen molar-refractivity contribution in [1.29, 1.82) is 0 Å². The van der Waals surface area contributed by atoms with Crippen LogP contribution in [0.15, 0.2) is 67.0 Å². The molecule has 10 nitrogen and oxygen atoms in total. The van der Waals surface area contributed by atoms with Crippen LogP contribution in [0.2, 0.25) is 0 Å². The smallest absolute Gasteiger partial charge is 0.374 e. The van der Waals surface area contributed by atoms with E-state index in [1.165, 1.54) is 0 Å². The number of hydrogen-bond acceptors (Lipinski definition) is 10. The van der Waals surface area contributed by atoms with Crippen LogP contribution in [0, 0.1) is 0 Å². The van der Waals surface area contributed by atoms with E-state index in [-0.39, 0.29) is 59.9 Å². The summed E-state index contributed by atoms with van der Waals surface area (Å²) in [5.74, 6) is -1.19. The van der Waals surface area contributed by atoms with Gasteiger partial charge >= 0.3 is 11.9 Å². The van der Waals surface area contributed by atoms with Crippen LogP contribution in [0.25, 0.3) is 21.9 Å². The minimum atomic E-state index is -0.718. The third-order valence-electron chi connectivity index (χ3n) is 5.19. The van der Waals surface area contributed by atoms with Crippen LogP contribution in [0.5, 0.6) is 11.5 Å². The maximum Gasteiger partial charge on any atom is 0.374 e. The minimum absolute atomic E-state index is 0.157. The van der Waals surface area contributed by atoms with Crippen molar-refractivity contribution in [2.24, 2.45) is 0 Å². The van der Waals surface area contributed by atoms with Crippen LogP contribution < -0.4 is 20.3 Å². The summed E-state index contributed by atoms with van der Waals surface area (Å²) in [4.78, 5) is 49.1. The standard InChI is InChI=1S/C27H24O10/c1-3-32-26(30)22-14-16(28)24-18(8-5-10-20(24)36-22)34-12-7-13-35-19-9-6-11-21-25(19)17(29)15-23(37-21)27(31)33-4-2/h5-6,8-11,14-15H,3-4,7,12-13H2,1-2H3. The van der Waals surface area contributed by atoms with Crippen LogP contribution in [-0.2, 0) is 9.47 Å². The molecule has 4 aromatic rings. The number of hydrogen-bond donors (Lipinski definition) is 0. The number of esters is 2. The van der Waals surface area contributed by atoms with Gasteiger partial charge in [-0.2, -0.15) is 0 Å². The lowest BCUT2D eigenvalue weighted by molar-refractivity contribution is 0.0482. The average molecular weight is 508 g/mol. The summed E-state index contributed by atoms with van der Waals surface area (Å²) >= 11 is 0. The highest BCUT2D eigenvalue weighted by atomic mass is 16.5. The zero-order valence-electron chi connectivity index (χ0n) is 20.2. The Kier molecular flexibility index (Phi) is 7.87. The summed E-state index contributed by atoms with van der Waals surface area (Å²) in [6.45, 7) is 4.02. The first-order valence-corrected chi connectivity index (χ1v) is 11.7. The Morgan fingerprint density at radius 3 is 1.54 bits per heavy atom. The predicted molar refractivity (Wildman–Crippen MR) is 132 cm³/mol. The first-order chi connectivity index (χ1) is 17.9. The molecule has 2 aromatic heterocycles. The minimum Gasteiger partial charge on any atom is -0.493 e. The van der Waals surface area contributed by atoms with E-state index in [4.69, 9.17) is 27.8 Å². The molecule has 0 saturated heterocycles.